The zero-order chi connectivity index (χ0) is 18.1. The van der Waals surface area contributed by atoms with E-state index in [9.17, 15) is 22.4 Å². The summed E-state index contributed by atoms with van der Waals surface area (Å²) in [6.45, 7) is 6.15. The van der Waals surface area contributed by atoms with Crippen LogP contribution in [0.25, 0.3) is 0 Å². The van der Waals surface area contributed by atoms with E-state index in [1.807, 2.05) is 0 Å². The quantitative estimate of drug-likeness (QED) is 0.722. The first-order chi connectivity index (χ1) is 11.0. The second-order valence-electron chi connectivity index (χ2n) is 6.61. The van der Waals surface area contributed by atoms with Crippen LogP contribution in [0.2, 0.25) is 0 Å². The standard InChI is InChI=1S/C16H20F4N2O2/c1-15(2,3)24-14(23)22-8-6-21(7-9-22)13-5-4-11(17)10-12(13)16(18,19)20/h4-5,10H,6-9H2,1-3H3. The summed E-state index contributed by atoms with van der Waals surface area (Å²) in [4.78, 5) is 14.9. The molecule has 1 amide bonds. The van der Waals surface area contributed by atoms with Gasteiger partial charge in [-0.25, -0.2) is 9.18 Å². The molecule has 0 N–H and O–H groups in total. The van der Waals surface area contributed by atoms with Crippen LogP contribution in [-0.2, 0) is 10.9 Å². The Labute approximate surface area is 138 Å². The molecule has 1 aliphatic rings. The zero-order valence-corrected chi connectivity index (χ0v) is 13.8. The maximum Gasteiger partial charge on any atom is 0.418 e. The van der Waals surface area contributed by atoms with Gasteiger partial charge in [0.15, 0.2) is 0 Å². The fourth-order valence-electron chi connectivity index (χ4n) is 2.47. The molecule has 0 unspecified atom stereocenters. The number of carbonyl (C=O) groups excluding carboxylic acids is 1. The van der Waals surface area contributed by atoms with Crippen LogP contribution in [0, 0.1) is 5.82 Å². The first-order valence-corrected chi connectivity index (χ1v) is 7.57. The van der Waals surface area contributed by atoms with E-state index in [4.69, 9.17) is 4.74 Å². The van der Waals surface area contributed by atoms with Gasteiger partial charge in [0.1, 0.15) is 11.4 Å². The summed E-state index contributed by atoms with van der Waals surface area (Å²) in [6, 6.07) is 2.63. The molecule has 1 fully saturated rings. The molecule has 4 nitrogen and oxygen atoms in total. The van der Waals surface area contributed by atoms with Gasteiger partial charge >= 0.3 is 12.3 Å². The van der Waals surface area contributed by atoms with Gasteiger partial charge in [0.05, 0.1) is 5.56 Å². The molecule has 0 bridgehead atoms. The molecule has 0 radical (unpaired) electrons. The Hall–Kier alpha value is -1.99. The third-order valence-electron chi connectivity index (χ3n) is 3.54. The summed E-state index contributed by atoms with van der Waals surface area (Å²) >= 11 is 0. The summed E-state index contributed by atoms with van der Waals surface area (Å²) in [7, 11) is 0. The van der Waals surface area contributed by atoms with Crippen molar-refractivity contribution in [2.75, 3.05) is 31.1 Å². The molecule has 0 aromatic heterocycles. The lowest BCUT2D eigenvalue weighted by molar-refractivity contribution is -0.137. The molecule has 1 aromatic carbocycles. The highest BCUT2D eigenvalue weighted by molar-refractivity contribution is 5.69. The summed E-state index contributed by atoms with van der Waals surface area (Å²) in [5.41, 5.74) is -1.71. The number of carbonyl (C=O) groups is 1. The van der Waals surface area contributed by atoms with Gasteiger partial charge in [0, 0.05) is 31.9 Å². The average Bonchev–Trinajstić information content (AvgIpc) is 2.44. The number of benzene rings is 1. The van der Waals surface area contributed by atoms with E-state index in [1.165, 1.54) is 9.80 Å². The van der Waals surface area contributed by atoms with Crippen LogP contribution in [0.15, 0.2) is 18.2 Å². The maximum absolute atomic E-state index is 13.2. The van der Waals surface area contributed by atoms with Crippen molar-refractivity contribution < 1.29 is 27.1 Å². The Morgan fingerprint density at radius 2 is 1.67 bits per heavy atom. The van der Waals surface area contributed by atoms with Crippen LogP contribution in [0.5, 0.6) is 0 Å². The predicted octanol–water partition coefficient (Wildman–Crippen LogP) is 3.90. The van der Waals surface area contributed by atoms with E-state index in [1.54, 1.807) is 20.8 Å². The van der Waals surface area contributed by atoms with E-state index in [-0.39, 0.29) is 31.9 Å². The third kappa shape index (κ3) is 4.52. The fraction of sp³-hybridized carbons (Fsp3) is 0.562. The van der Waals surface area contributed by atoms with Gasteiger partial charge in [-0.3, -0.25) is 0 Å². The molecule has 1 aliphatic heterocycles. The van der Waals surface area contributed by atoms with E-state index in [0.717, 1.165) is 12.1 Å². The summed E-state index contributed by atoms with van der Waals surface area (Å²) < 4.78 is 57.7. The van der Waals surface area contributed by atoms with Crippen LogP contribution < -0.4 is 4.90 Å². The number of rotatable bonds is 1. The molecular weight excluding hydrogens is 328 g/mol. The highest BCUT2D eigenvalue weighted by Gasteiger charge is 2.36. The topological polar surface area (TPSA) is 32.8 Å². The summed E-state index contributed by atoms with van der Waals surface area (Å²) in [5, 5.41) is 0. The SMILES string of the molecule is CC(C)(C)OC(=O)N1CCN(c2ccc(F)cc2C(F)(F)F)CC1. The molecule has 1 saturated heterocycles. The number of halogens is 4. The number of hydrogen-bond donors (Lipinski definition) is 0. The third-order valence-corrected chi connectivity index (χ3v) is 3.54. The Kier molecular flexibility index (Phi) is 4.96. The molecule has 24 heavy (non-hydrogen) atoms. The Balaban J connectivity index is 2.09. The monoisotopic (exact) mass is 348 g/mol. The largest absolute Gasteiger partial charge is 0.444 e. The highest BCUT2D eigenvalue weighted by Crippen LogP contribution is 2.37. The van der Waals surface area contributed by atoms with Crippen molar-refractivity contribution in [3.63, 3.8) is 0 Å². The minimum atomic E-state index is -4.64. The second kappa shape index (κ2) is 6.49. The van der Waals surface area contributed by atoms with Crippen LogP contribution in [-0.4, -0.2) is 42.8 Å². The number of alkyl halides is 3. The van der Waals surface area contributed by atoms with E-state index < -0.39 is 29.3 Å². The van der Waals surface area contributed by atoms with Crippen molar-refractivity contribution in [3.05, 3.63) is 29.6 Å². The van der Waals surface area contributed by atoms with Gasteiger partial charge < -0.3 is 14.5 Å². The van der Waals surface area contributed by atoms with E-state index >= 15 is 0 Å². The smallest absolute Gasteiger partial charge is 0.418 e. The highest BCUT2D eigenvalue weighted by atomic mass is 19.4. The van der Waals surface area contributed by atoms with Crippen LogP contribution >= 0.6 is 0 Å². The van der Waals surface area contributed by atoms with Gasteiger partial charge in [-0.05, 0) is 39.0 Å². The number of hydrogen-bond acceptors (Lipinski definition) is 3. The summed E-state index contributed by atoms with van der Waals surface area (Å²) in [6.07, 6.45) is -5.13. The predicted molar refractivity (Wildman–Crippen MR) is 81.4 cm³/mol. The van der Waals surface area contributed by atoms with Gasteiger partial charge in [0.2, 0.25) is 0 Å². The van der Waals surface area contributed by atoms with Crippen molar-refractivity contribution in [2.24, 2.45) is 0 Å². The molecule has 1 aromatic rings. The molecule has 0 atom stereocenters. The van der Waals surface area contributed by atoms with E-state index in [2.05, 4.69) is 0 Å². The number of amides is 1. The van der Waals surface area contributed by atoms with Crippen molar-refractivity contribution in [1.82, 2.24) is 4.90 Å². The lowest BCUT2D eigenvalue weighted by atomic mass is 10.1. The van der Waals surface area contributed by atoms with Crippen LogP contribution in [0.4, 0.5) is 28.0 Å². The molecular formula is C16H20F4N2O2. The number of anilines is 1. The Bertz CT molecular complexity index is 603. The number of nitrogens with zero attached hydrogens (tertiary/aromatic N) is 2. The molecule has 134 valence electrons. The van der Waals surface area contributed by atoms with Crippen molar-refractivity contribution in [1.29, 1.82) is 0 Å². The first kappa shape index (κ1) is 18.4. The van der Waals surface area contributed by atoms with Gasteiger partial charge in [-0.2, -0.15) is 13.2 Å². The fourth-order valence-corrected chi connectivity index (χ4v) is 2.47. The molecule has 2 rings (SSSR count). The first-order valence-electron chi connectivity index (χ1n) is 7.57. The summed E-state index contributed by atoms with van der Waals surface area (Å²) in [5.74, 6) is -0.932. The van der Waals surface area contributed by atoms with Gasteiger partial charge in [-0.1, -0.05) is 0 Å². The lowest BCUT2D eigenvalue weighted by Gasteiger charge is -2.37. The molecule has 8 heteroatoms. The second-order valence-corrected chi connectivity index (χ2v) is 6.61. The van der Waals surface area contributed by atoms with Gasteiger partial charge in [-0.15, -0.1) is 0 Å². The van der Waals surface area contributed by atoms with E-state index in [0.29, 0.717) is 6.07 Å². The number of piperazine rings is 1. The van der Waals surface area contributed by atoms with Gasteiger partial charge in [0.25, 0.3) is 0 Å². The Morgan fingerprint density at radius 3 is 2.17 bits per heavy atom. The van der Waals surface area contributed by atoms with Crippen LogP contribution in [0.1, 0.15) is 26.3 Å². The minimum absolute atomic E-state index is 0.0762. The molecule has 0 spiro atoms. The average molecular weight is 348 g/mol. The zero-order valence-electron chi connectivity index (χ0n) is 13.8. The molecule has 0 aliphatic carbocycles. The Morgan fingerprint density at radius 1 is 1.08 bits per heavy atom. The maximum atomic E-state index is 13.2. The molecule has 0 saturated carbocycles. The van der Waals surface area contributed by atoms with Crippen molar-refractivity contribution in [2.45, 2.75) is 32.5 Å². The molecule has 1 heterocycles. The van der Waals surface area contributed by atoms with Crippen molar-refractivity contribution in [3.8, 4) is 0 Å². The number of ether oxygens (including phenoxy) is 1. The lowest BCUT2D eigenvalue weighted by Crippen LogP contribution is -2.50. The minimum Gasteiger partial charge on any atom is -0.444 e. The van der Waals surface area contributed by atoms with Crippen LogP contribution in [0.3, 0.4) is 0 Å². The normalized spacial score (nSPS) is 16.3. The van der Waals surface area contributed by atoms with Crippen molar-refractivity contribution >= 4 is 11.8 Å².